The van der Waals surface area contributed by atoms with Crippen molar-refractivity contribution in [2.24, 2.45) is 0 Å². The van der Waals surface area contributed by atoms with Crippen LogP contribution in [0.2, 0.25) is 0 Å². The number of carboxylic acids is 1. The maximum Gasteiger partial charge on any atom is 0.336 e. The van der Waals surface area contributed by atoms with Crippen LogP contribution in [0.5, 0.6) is 0 Å². The van der Waals surface area contributed by atoms with Crippen molar-refractivity contribution < 1.29 is 18.3 Å². The number of hydrogen-bond acceptors (Lipinski definition) is 5. The largest absolute Gasteiger partial charge is 0.478 e. The third kappa shape index (κ3) is 2.66. The van der Waals surface area contributed by atoms with E-state index in [-0.39, 0.29) is 16.3 Å². The minimum Gasteiger partial charge on any atom is -0.478 e. The lowest BCUT2D eigenvalue weighted by Crippen LogP contribution is -2.30. The molecule has 0 aromatic carbocycles. The van der Waals surface area contributed by atoms with E-state index in [4.69, 9.17) is 5.11 Å². The summed E-state index contributed by atoms with van der Waals surface area (Å²) in [5.74, 6) is -1.14. The smallest absolute Gasteiger partial charge is 0.336 e. The van der Waals surface area contributed by atoms with Crippen LogP contribution in [0, 0.1) is 0 Å². The van der Waals surface area contributed by atoms with Crippen molar-refractivity contribution in [1.82, 2.24) is 4.98 Å². The van der Waals surface area contributed by atoms with Crippen molar-refractivity contribution in [3.63, 3.8) is 0 Å². The molecule has 0 fully saturated rings. The molecule has 0 radical (unpaired) electrons. The topological polar surface area (TPSA) is 87.6 Å². The maximum atomic E-state index is 12.5. The van der Waals surface area contributed by atoms with Crippen molar-refractivity contribution in [2.45, 2.75) is 11.1 Å². The van der Waals surface area contributed by atoms with Gasteiger partial charge in [0.15, 0.2) is 0 Å². The average molecular weight is 312 g/mol. The summed E-state index contributed by atoms with van der Waals surface area (Å²) in [7, 11) is -3.76. The maximum absolute atomic E-state index is 12.5. The van der Waals surface area contributed by atoms with Crippen LogP contribution in [0.4, 0.5) is 5.69 Å². The van der Waals surface area contributed by atoms with Gasteiger partial charge in [-0.25, -0.2) is 13.2 Å². The Balaban J connectivity index is 2.44. The fourth-order valence-electron chi connectivity index (χ4n) is 1.67. The summed E-state index contributed by atoms with van der Waals surface area (Å²) in [5.41, 5.74) is 0.465. The molecule has 0 aliphatic rings. The van der Waals surface area contributed by atoms with Crippen molar-refractivity contribution in [3.05, 3.63) is 41.5 Å². The first-order chi connectivity index (χ1) is 9.46. The molecular formula is C12H12N2O4S2. The molecule has 1 N–H and O–H groups in total. The number of thiophene rings is 1. The quantitative estimate of drug-likeness (QED) is 0.913. The SMILES string of the molecule is CCN(c1ccncc1)S(=O)(=O)c1cc(C(=O)O)cs1. The van der Waals surface area contributed by atoms with Crippen LogP contribution in [0.3, 0.4) is 0 Å². The average Bonchev–Trinajstić information content (AvgIpc) is 2.91. The van der Waals surface area contributed by atoms with Crippen LogP contribution in [0.15, 0.2) is 40.2 Å². The minimum absolute atomic E-state index is 0.00793. The zero-order chi connectivity index (χ0) is 14.8. The number of hydrogen-bond donors (Lipinski definition) is 1. The second-order valence-electron chi connectivity index (χ2n) is 3.83. The molecule has 0 saturated carbocycles. The number of carboxylic acid groups (broad SMARTS) is 1. The molecule has 106 valence electrons. The number of rotatable bonds is 5. The van der Waals surface area contributed by atoms with Gasteiger partial charge in [-0.05, 0) is 25.1 Å². The predicted molar refractivity (Wildman–Crippen MR) is 75.7 cm³/mol. The van der Waals surface area contributed by atoms with E-state index in [1.165, 1.54) is 28.1 Å². The van der Waals surface area contributed by atoms with Gasteiger partial charge in [-0.2, -0.15) is 0 Å². The van der Waals surface area contributed by atoms with Gasteiger partial charge < -0.3 is 5.11 Å². The first-order valence-electron chi connectivity index (χ1n) is 5.71. The molecule has 6 nitrogen and oxygen atoms in total. The van der Waals surface area contributed by atoms with E-state index in [2.05, 4.69) is 4.98 Å². The Bertz CT molecular complexity index is 710. The lowest BCUT2D eigenvalue weighted by molar-refractivity contribution is 0.0697. The third-order valence-corrected chi connectivity index (χ3v) is 5.92. The second kappa shape index (κ2) is 5.59. The van der Waals surface area contributed by atoms with Crippen molar-refractivity contribution in [1.29, 1.82) is 0 Å². The number of pyridine rings is 1. The molecule has 0 bridgehead atoms. The van der Waals surface area contributed by atoms with Crippen molar-refractivity contribution in [2.75, 3.05) is 10.8 Å². The summed E-state index contributed by atoms with van der Waals surface area (Å²) in [5, 5.41) is 10.2. The Morgan fingerprint density at radius 2 is 2.05 bits per heavy atom. The number of sulfonamides is 1. The van der Waals surface area contributed by atoms with Gasteiger partial charge in [-0.3, -0.25) is 9.29 Å². The third-order valence-electron chi connectivity index (χ3n) is 2.60. The summed E-state index contributed by atoms with van der Waals surface area (Å²) in [6.45, 7) is 1.95. The summed E-state index contributed by atoms with van der Waals surface area (Å²) in [4.78, 5) is 14.7. The van der Waals surface area contributed by atoms with Gasteiger partial charge in [0.1, 0.15) is 4.21 Å². The number of nitrogens with zero attached hydrogens (tertiary/aromatic N) is 2. The molecule has 0 saturated heterocycles. The summed E-state index contributed by atoms with van der Waals surface area (Å²) in [6, 6.07) is 4.35. The van der Waals surface area contributed by atoms with E-state index in [9.17, 15) is 13.2 Å². The highest BCUT2D eigenvalue weighted by atomic mass is 32.2. The summed E-state index contributed by atoms with van der Waals surface area (Å²) >= 11 is 0.897. The Labute approximate surface area is 120 Å². The normalized spacial score (nSPS) is 11.2. The number of carbonyl (C=O) groups is 1. The van der Waals surface area contributed by atoms with Crippen LogP contribution < -0.4 is 4.31 Å². The zero-order valence-electron chi connectivity index (χ0n) is 10.6. The van der Waals surface area contributed by atoms with Crippen LogP contribution in [0.1, 0.15) is 17.3 Å². The van der Waals surface area contributed by atoms with E-state index in [1.54, 1.807) is 19.1 Å². The van der Waals surface area contributed by atoms with Gasteiger partial charge >= 0.3 is 5.97 Å². The molecule has 0 aliphatic carbocycles. The van der Waals surface area contributed by atoms with Gasteiger partial charge in [0.05, 0.1) is 11.3 Å². The first-order valence-corrected chi connectivity index (χ1v) is 8.03. The monoisotopic (exact) mass is 312 g/mol. The Morgan fingerprint density at radius 1 is 1.40 bits per heavy atom. The molecule has 0 aliphatic heterocycles. The van der Waals surface area contributed by atoms with Crippen molar-refractivity contribution >= 4 is 33.0 Å². The molecule has 0 unspecified atom stereocenters. The van der Waals surface area contributed by atoms with Crippen molar-refractivity contribution in [3.8, 4) is 0 Å². The molecule has 0 atom stereocenters. The zero-order valence-corrected chi connectivity index (χ0v) is 12.2. The molecule has 2 heterocycles. The number of aromatic carboxylic acids is 1. The van der Waals surface area contributed by atoms with E-state index >= 15 is 0 Å². The number of aromatic nitrogens is 1. The summed E-state index contributed by atoms with van der Waals surface area (Å²) in [6.07, 6.45) is 3.01. The van der Waals surface area contributed by atoms with Gasteiger partial charge in [0.25, 0.3) is 10.0 Å². The summed E-state index contributed by atoms with van der Waals surface area (Å²) < 4.78 is 26.3. The number of anilines is 1. The van der Waals surface area contributed by atoms with Gasteiger partial charge in [-0.15, -0.1) is 11.3 Å². The Morgan fingerprint density at radius 3 is 2.55 bits per heavy atom. The lowest BCUT2D eigenvalue weighted by atomic mass is 10.4. The fraction of sp³-hybridized carbons (Fsp3) is 0.167. The predicted octanol–water partition coefficient (Wildman–Crippen LogP) is 2.06. The standard InChI is InChI=1S/C12H12N2O4S2/c1-2-14(10-3-5-13-6-4-10)20(17,18)11-7-9(8-19-11)12(15)16/h3-8H,2H2,1H3,(H,15,16). The van der Waals surface area contributed by atoms with Crippen LogP contribution in [-0.4, -0.2) is 31.0 Å². The van der Waals surface area contributed by atoms with E-state index in [1.807, 2.05) is 0 Å². The van der Waals surface area contributed by atoms with Crippen LogP contribution in [0.25, 0.3) is 0 Å². The molecule has 0 amide bonds. The highest BCUT2D eigenvalue weighted by Gasteiger charge is 2.26. The van der Waals surface area contributed by atoms with Crippen LogP contribution in [-0.2, 0) is 10.0 Å². The highest BCUT2D eigenvalue weighted by molar-refractivity contribution is 7.94. The molecule has 8 heteroatoms. The van der Waals surface area contributed by atoms with E-state index in [0.29, 0.717) is 5.69 Å². The molecular weight excluding hydrogens is 300 g/mol. The lowest BCUT2D eigenvalue weighted by Gasteiger charge is -2.21. The molecule has 2 rings (SSSR count). The molecule has 2 aromatic heterocycles. The van der Waals surface area contributed by atoms with Gasteiger partial charge in [-0.1, -0.05) is 0 Å². The molecule has 20 heavy (non-hydrogen) atoms. The second-order valence-corrected chi connectivity index (χ2v) is 6.84. The Hall–Kier alpha value is -1.93. The van der Waals surface area contributed by atoms with Gasteiger partial charge in [0, 0.05) is 24.3 Å². The van der Waals surface area contributed by atoms with Gasteiger partial charge in [0.2, 0.25) is 0 Å². The first kappa shape index (κ1) is 14.5. The minimum atomic E-state index is -3.76. The van der Waals surface area contributed by atoms with E-state index in [0.717, 1.165) is 11.3 Å². The molecule has 0 spiro atoms. The fourth-order valence-corrected chi connectivity index (χ4v) is 4.41. The highest BCUT2D eigenvalue weighted by Crippen LogP contribution is 2.27. The van der Waals surface area contributed by atoms with E-state index < -0.39 is 16.0 Å². The van der Waals surface area contributed by atoms with Crippen LogP contribution >= 0.6 is 11.3 Å². The molecule has 2 aromatic rings. The Kier molecular flexibility index (Phi) is 4.05.